The molecule has 0 saturated carbocycles. The largest absolute Gasteiger partial charge is 0.309 e. The summed E-state index contributed by atoms with van der Waals surface area (Å²) in [6, 6.07) is 56.9. The molecule has 0 bridgehead atoms. The fourth-order valence-electron chi connectivity index (χ4n) is 7.74. The van der Waals surface area contributed by atoms with Gasteiger partial charge < -0.3 is 9.13 Å². The number of para-hydroxylation sites is 1. The molecule has 232 valence electrons. The Morgan fingerprint density at radius 3 is 1.82 bits per heavy atom. The van der Waals surface area contributed by atoms with Crippen LogP contribution in [0.15, 0.2) is 170 Å². The van der Waals surface area contributed by atoms with Crippen molar-refractivity contribution in [2.45, 2.75) is 6.92 Å². The molecule has 0 radical (unpaired) electrons. The molecule has 0 N–H and O–H groups in total. The molecule has 0 amide bonds. The zero-order chi connectivity index (χ0) is 32.9. The second kappa shape index (κ2) is 11.7. The Bertz CT molecular complexity index is 2710. The maximum Gasteiger partial charge on any atom is 0.0549 e. The first-order valence-electron chi connectivity index (χ1n) is 16.9. The predicted molar refractivity (Wildman–Crippen MR) is 211 cm³/mol. The van der Waals surface area contributed by atoms with E-state index in [0.717, 1.165) is 28.1 Å². The van der Waals surface area contributed by atoms with Crippen LogP contribution in [0, 0.1) is 0 Å². The predicted octanol–water partition coefficient (Wildman–Crippen LogP) is 12.9. The van der Waals surface area contributed by atoms with Gasteiger partial charge in [-0.05, 0) is 77.0 Å². The van der Waals surface area contributed by atoms with E-state index in [4.69, 9.17) is 0 Å². The molecule has 9 aromatic rings. The SMILES string of the molecule is C=Cc1c(/C=C\C)n(-c2ccc(-c3ccccc3)c3ccccc23)c2ccc3c(c4ccc(-c5ccccc5)cc4n3-c3ccccc3)c12. The van der Waals surface area contributed by atoms with Crippen molar-refractivity contribution in [2.75, 3.05) is 0 Å². The molecular weight excluding hydrogens is 593 g/mol. The molecule has 0 aliphatic carbocycles. The Kier molecular flexibility index (Phi) is 6.88. The lowest BCUT2D eigenvalue weighted by atomic mass is 9.97. The van der Waals surface area contributed by atoms with Crippen LogP contribution in [-0.2, 0) is 0 Å². The van der Waals surface area contributed by atoms with E-state index in [1.165, 1.54) is 60.2 Å². The minimum Gasteiger partial charge on any atom is -0.309 e. The summed E-state index contributed by atoms with van der Waals surface area (Å²) in [5, 5.41) is 6.11. The highest BCUT2D eigenvalue weighted by Crippen LogP contribution is 2.44. The van der Waals surface area contributed by atoms with Crippen LogP contribution in [0.3, 0.4) is 0 Å². The summed E-state index contributed by atoms with van der Waals surface area (Å²) in [5.41, 5.74) is 12.9. The zero-order valence-corrected chi connectivity index (χ0v) is 27.3. The van der Waals surface area contributed by atoms with Crippen LogP contribution < -0.4 is 0 Å². The molecule has 7 aromatic carbocycles. The first kappa shape index (κ1) is 28.8. The average Bonchev–Trinajstić information content (AvgIpc) is 3.67. The molecule has 2 nitrogen and oxygen atoms in total. The second-order valence-corrected chi connectivity index (χ2v) is 12.5. The van der Waals surface area contributed by atoms with Crippen LogP contribution in [0.2, 0.25) is 0 Å². The summed E-state index contributed by atoms with van der Waals surface area (Å²) in [4.78, 5) is 0. The molecule has 0 aliphatic heterocycles. The summed E-state index contributed by atoms with van der Waals surface area (Å²) < 4.78 is 4.85. The fraction of sp³-hybridized carbons (Fsp3) is 0.0213. The normalized spacial score (nSPS) is 11.8. The number of hydrogen-bond acceptors (Lipinski definition) is 0. The Balaban J connectivity index is 1.41. The fourth-order valence-corrected chi connectivity index (χ4v) is 7.74. The standard InChI is InChI=1S/C47H34N2/c1-3-16-41-36(4-2)46-44(49(41)42-28-27-37(33-19-10-6-11-20-33)38-23-14-15-24-39(38)42)30-29-43-47(46)40-26-25-34(32-17-8-5-9-18-32)31-45(40)48(43)35-21-12-7-13-22-35/h3-31H,2H2,1H3/b16-3-. The van der Waals surface area contributed by atoms with E-state index in [1.54, 1.807) is 0 Å². The van der Waals surface area contributed by atoms with E-state index in [0.29, 0.717) is 0 Å². The van der Waals surface area contributed by atoms with Gasteiger partial charge in [-0.15, -0.1) is 0 Å². The third kappa shape index (κ3) is 4.49. The molecule has 0 atom stereocenters. The van der Waals surface area contributed by atoms with Crippen LogP contribution in [-0.4, -0.2) is 9.13 Å². The van der Waals surface area contributed by atoms with Gasteiger partial charge in [-0.2, -0.15) is 0 Å². The summed E-state index contributed by atoms with van der Waals surface area (Å²) in [5.74, 6) is 0. The molecule has 2 heteroatoms. The highest BCUT2D eigenvalue weighted by atomic mass is 15.0. The van der Waals surface area contributed by atoms with Gasteiger partial charge in [0.25, 0.3) is 0 Å². The Morgan fingerprint density at radius 2 is 1.12 bits per heavy atom. The van der Waals surface area contributed by atoms with E-state index >= 15 is 0 Å². The van der Waals surface area contributed by atoms with Crippen LogP contribution in [0.4, 0.5) is 0 Å². The van der Waals surface area contributed by atoms with Gasteiger partial charge in [-0.3, -0.25) is 0 Å². The molecule has 2 aromatic heterocycles. The van der Waals surface area contributed by atoms with Crippen LogP contribution in [0.1, 0.15) is 18.2 Å². The van der Waals surface area contributed by atoms with Gasteiger partial charge in [0, 0.05) is 32.8 Å². The van der Waals surface area contributed by atoms with Crippen LogP contribution >= 0.6 is 0 Å². The number of fused-ring (bicyclic) bond motifs is 6. The van der Waals surface area contributed by atoms with Crippen molar-refractivity contribution in [3.05, 3.63) is 182 Å². The second-order valence-electron chi connectivity index (χ2n) is 12.5. The molecule has 0 fully saturated rings. The molecule has 0 saturated heterocycles. The lowest BCUT2D eigenvalue weighted by Gasteiger charge is -2.16. The molecule has 0 spiro atoms. The minimum atomic E-state index is 1.12. The number of aromatic nitrogens is 2. The average molecular weight is 627 g/mol. The molecule has 0 unspecified atom stereocenters. The molecular formula is C47H34N2. The van der Waals surface area contributed by atoms with Crippen molar-refractivity contribution in [3.63, 3.8) is 0 Å². The summed E-state index contributed by atoms with van der Waals surface area (Å²) >= 11 is 0. The van der Waals surface area contributed by atoms with E-state index in [2.05, 4.69) is 193 Å². The topological polar surface area (TPSA) is 9.86 Å². The number of nitrogens with zero attached hydrogens (tertiary/aromatic N) is 2. The van der Waals surface area contributed by atoms with E-state index in [1.807, 2.05) is 6.08 Å². The van der Waals surface area contributed by atoms with Gasteiger partial charge in [-0.25, -0.2) is 0 Å². The van der Waals surface area contributed by atoms with Crippen molar-refractivity contribution in [1.29, 1.82) is 0 Å². The van der Waals surface area contributed by atoms with Crippen molar-refractivity contribution in [3.8, 4) is 33.6 Å². The lowest BCUT2D eigenvalue weighted by molar-refractivity contribution is 1.12. The van der Waals surface area contributed by atoms with Gasteiger partial charge in [-0.1, -0.05) is 140 Å². The smallest absolute Gasteiger partial charge is 0.0549 e. The first-order valence-corrected chi connectivity index (χ1v) is 16.9. The van der Waals surface area contributed by atoms with Gasteiger partial charge in [0.15, 0.2) is 0 Å². The van der Waals surface area contributed by atoms with E-state index < -0.39 is 0 Å². The Morgan fingerprint density at radius 1 is 0.490 bits per heavy atom. The Labute approximate surface area is 286 Å². The highest BCUT2D eigenvalue weighted by molar-refractivity contribution is 6.24. The lowest BCUT2D eigenvalue weighted by Crippen LogP contribution is -1.99. The van der Waals surface area contributed by atoms with Crippen molar-refractivity contribution in [1.82, 2.24) is 9.13 Å². The van der Waals surface area contributed by atoms with Gasteiger partial charge >= 0.3 is 0 Å². The highest BCUT2D eigenvalue weighted by Gasteiger charge is 2.23. The first-order chi connectivity index (χ1) is 24.3. The van der Waals surface area contributed by atoms with E-state index in [-0.39, 0.29) is 0 Å². The maximum absolute atomic E-state index is 4.40. The quantitative estimate of drug-likeness (QED) is 0.174. The molecule has 49 heavy (non-hydrogen) atoms. The van der Waals surface area contributed by atoms with Gasteiger partial charge in [0.05, 0.1) is 27.9 Å². The summed E-state index contributed by atoms with van der Waals surface area (Å²) in [6.07, 6.45) is 6.40. The Hall–Kier alpha value is -6.38. The van der Waals surface area contributed by atoms with Gasteiger partial charge in [0.1, 0.15) is 0 Å². The molecule has 2 heterocycles. The zero-order valence-electron chi connectivity index (χ0n) is 27.3. The number of benzene rings is 7. The van der Waals surface area contributed by atoms with Crippen LogP contribution in [0.25, 0.3) is 89.3 Å². The maximum atomic E-state index is 4.40. The van der Waals surface area contributed by atoms with Crippen molar-refractivity contribution < 1.29 is 0 Å². The van der Waals surface area contributed by atoms with E-state index in [9.17, 15) is 0 Å². The minimum absolute atomic E-state index is 1.12. The van der Waals surface area contributed by atoms with Gasteiger partial charge in [0.2, 0.25) is 0 Å². The molecule has 0 aliphatic rings. The summed E-state index contributed by atoms with van der Waals surface area (Å²) in [7, 11) is 0. The number of rotatable bonds is 6. The number of allylic oxidation sites excluding steroid dienone is 1. The number of hydrogen-bond donors (Lipinski definition) is 0. The summed E-state index contributed by atoms with van der Waals surface area (Å²) in [6.45, 7) is 6.49. The van der Waals surface area contributed by atoms with Crippen molar-refractivity contribution >= 4 is 55.6 Å². The van der Waals surface area contributed by atoms with Crippen molar-refractivity contribution in [2.24, 2.45) is 0 Å². The third-order valence-corrected chi connectivity index (χ3v) is 9.81. The van der Waals surface area contributed by atoms with Crippen LogP contribution in [0.5, 0.6) is 0 Å². The monoisotopic (exact) mass is 626 g/mol. The molecule has 9 rings (SSSR count). The third-order valence-electron chi connectivity index (χ3n) is 9.81.